The number of benzene rings is 1. The van der Waals surface area contributed by atoms with E-state index in [-0.39, 0.29) is 6.54 Å². The molecule has 1 saturated heterocycles. The molecule has 1 aromatic rings. The van der Waals surface area contributed by atoms with Crippen molar-refractivity contribution in [3.05, 3.63) is 34.9 Å². The van der Waals surface area contributed by atoms with Gasteiger partial charge in [0.05, 0.1) is 11.8 Å². The quantitative estimate of drug-likeness (QED) is 0.863. The predicted octanol–water partition coefficient (Wildman–Crippen LogP) is 2.79. The van der Waals surface area contributed by atoms with E-state index < -0.39 is 43.1 Å². The Morgan fingerprint density at radius 1 is 1.33 bits per heavy atom. The zero-order valence-corrected chi connectivity index (χ0v) is 13.3. The molecule has 1 fully saturated rings. The van der Waals surface area contributed by atoms with E-state index in [9.17, 15) is 22.8 Å². The SMILES string of the molecule is O=C(O)[C@@H]1CN(C(=O)NCCc2cccc(Cl)c2)C[C@H]1C(F)(F)F. The molecular weight excluding hydrogens is 349 g/mol. The van der Waals surface area contributed by atoms with Crippen LogP contribution in [0.3, 0.4) is 0 Å². The maximum atomic E-state index is 12.9. The smallest absolute Gasteiger partial charge is 0.394 e. The van der Waals surface area contributed by atoms with Crippen molar-refractivity contribution in [2.24, 2.45) is 11.8 Å². The van der Waals surface area contributed by atoms with Crippen molar-refractivity contribution in [3.63, 3.8) is 0 Å². The molecule has 0 unspecified atom stereocenters. The molecule has 9 heteroatoms. The molecule has 2 amide bonds. The van der Waals surface area contributed by atoms with Crippen LogP contribution in [0.4, 0.5) is 18.0 Å². The normalized spacial score (nSPS) is 20.9. The molecule has 0 aliphatic carbocycles. The minimum absolute atomic E-state index is 0.212. The summed E-state index contributed by atoms with van der Waals surface area (Å²) in [6.07, 6.45) is -4.19. The summed E-state index contributed by atoms with van der Waals surface area (Å²) >= 11 is 5.84. The Kier molecular flexibility index (Phi) is 5.58. The third-order valence-corrected chi connectivity index (χ3v) is 4.16. The molecule has 2 N–H and O–H groups in total. The van der Waals surface area contributed by atoms with Gasteiger partial charge in [0.15, 0.2) is 0 Å². The molecule has 132 valence electrons. The summed E-state index contributed by atoms with van der Waals surface area (Å²) in [5.41, 5.74) is 0.876. The minimum Gasteiger partial charge on any atom is -0.481 e. The number of likely N-dealkylation sites (tertiary alicyclic amines) is 1. The van der Waals surface area contributed by atoms with E-state index in [1.165, 1.54) is 0 Å². The molecule has 0 spiro atoms. The number of nitrogens with zero attached hydrogens (tertiary/aromatic N) is 1. The number of carbonyl (C=O) groups excluding carboxylic acids is 1. The van der Waals surface area contributed by atoms with E-state index in [1.807, 2.05) is 6.07 Å². The van der Waals surface area contributed by atoms with Crippen LogP contribution in [-0.4, -0.2) is 47.8 Å². The number of amides is 2. The Hall–Kier alpha value is -1.96. The van der Waals surface area contributed by atoms with Crippen molar-refractivity contribution in [1.29, 1.82) is 0 Å². The van der Waals surface area contributed by atoms with Crippen molar-refractivity contribution >= 4 is 23.6 Å². The lowest BCUT2D eigenvalue weighted by atomic mass is 9.96. The van der Waals surface area contributed by atoms with Crippen molar-refractivity contribution in [2.75, 3.05) is 19.6 Å². The van der Waals surface area contributed by atoms with Crippen LogP contribution < -0.4 is 5.32 Å². The lowest BCUT2D eigenvalue weighted by molar-refractivity contribution is -0.187. The van der Waals surface area contributed by atoms with Crippen molar-refractivity contribution < 1.29 is 27.9 Å². The van der Waals surface area contributed by atoms with Gasteiger partial charge in [0.25, 0.3) is 0 Å². The molecule has 1 aromatic carbocycles. The topological polar surface area (TPSA) is 69.6 Å². The summed E-state index contributed by atoms with van der Waals surface area (Å²) in [6.45, 7) is -0.893. The highest BCUT2D eigenvalue weighted by molar-refractivity contribution is 6.30. The number of carboxylic acids is 1. The molecule has 0 bridgehead atoms. The molecule has 2 atom stereocenters. The van der Waals surface area contributed by atoms with Gasteiger partial charge in [-0.1, -0.05) is 23.7 Å². The number of halogens is 4. The van der Waals surface area contributed by atoms with E-state index in [2.05, 4.69) is 5.32 Å². The van der Waals surface area contributed by atoms with Gasteiger partial charge in [-0.05, 0) is 24.1 Å². The summed E-state index contributed by atoms with van der Waals surface area (Å²) in [5.74, 6) is -5.23. The molecular formula is C15H16ClF3N2O3. The van der Waals surface area contributed by atoms with Gasteiger partial charge in [-0.25, -0.2) is 4.79 Å². The Bertz CT molecular complexity index is 624. The van der Waals surface area contributed by atoms with Crippen LogP contribution in [0.25, 0.3) is 0 Å². The Labute approximate surface area is 141 Å². The number of hydrogen-bond acceptors (Lipinski definition) is 2. The highest BCUT2D eigenvalue weighted by Crippen LogP contribution is 2.37. The van der Waals surface area contributed by atoms with Gasteiger partial charge in [-0.2, -0.15) is 13.2 Å². The molecule has 2 rings (SSSR count). The number of nitrogens with one attached hydrogen (secondary N) is 1. The molecule has 1 aliphatic heterocycles. The lowest BCUT2D eigenvalue weighted by Crippen LogP contribution is -2.40. The first-order chi connectivity index (χ1) is 11.2. The summed E-state index contributed by atoms with van der Waals surface area (Å²) in [5, 5.41) is 12.0. The first-order valence-electron chi connectivity index (χ1n) is 7.25. The van der Waals surface area contributed by atoms with E-state index in [4.69, 9.17) is 16.7 Å². The number of carboxylic acid groups (broad SMARTS) is 1. The Morgan fingerprint density at radius 3 is 2.58 bits per heavy atom. The first kappa shape index (κ1) is 18.4. The number of alkyl halides is 3. The second-order valence-electron chi connectivity index (χ2n) is 5.61. The van der Waals surface area contributed by atoms with Crippen LogP contribution >= 0.6 is 11.6 Å². The molecule has 0 aromatic heterocycles. The predicted molar refractivity (Wildman–Crippen MR) is 80.8 cm³/mol. The van der Waals surface area contributed by atoms with Crippen molar-refractivity contribution in [2.45, 2.75) is 12.6 Å². The Balaban J connectivity index is 1.90. The van der Waals surface area contributed by atoms with Crippen LogP contribution in [0.5, 0.6) is 0 Å². The zero-order chi connectivity index (χ0) is 17.9. The third kappa shape index (κ3) is 4.53. The van der Waals surface area contributed by atoms with Crippen LogP contribution in [-0.2, 0) is 11.2 Å². The number of rotatable bonds is 4. The van der Waals surface area contributed by atoms with Gasteiger partial charge in [-0.3, -0.25) is 4.79 Å². The Morgan fingerprint density at radius 2 is 2.04 bits per heavy atom. The fourth-order valence-electron chi connectivity index (χ4n) is 2.67. The van der Waals surface area contributed by atoms with E-state index in [0.717, 1.165) is 10.5 Å². The van der Waals surface area contributed by atoms with E-state index in [1.54, 1.807) is 18.2 Å². The first-order valence-corrected chi connectivity index (χ1v) is 7.63. The second-order valence-corrected chi connectivity index (χ2v) is 6.05. The van der Waals surface area contributed by atoms with Gasteiger partial charge < -0.3 is 15.3 Å². The summed E-state index contributed by atoms with van der Waals surface area (Å²) in [4.78, 5) is 23.9. The van der Waals surface area contributed by atoms with E-state index >= 15 is 0 Å². The minimum atomic E-state index is -4.65. The standard InChI is InChI=1S/C15H16ClF3N2O3/c16-10-3-1-2-9(6-10)4-5-20-14(24)21-7-11(13(22)23)12(8-21)15(17,18)19/h1-3,6,11-12H,4-5,7-8H2,(H,20,24)(H,22,23)/t11-,12-/m1/s1. The van der Waals surface area contributed by atoms with Crippen LogP contribution in [0.1, 0.15) is 5.56 Å². The molecule has 0 saturated carbocycles. The van der Waals surface area contributed by atoms with Crippen LogP contribution in [0.2, 0.25) is 5.02 Å². The maximum Gasteiger partial charge on any atom is 0.394 e. The van der Waals surface area contributed by atoms with Crippen LogP contribution in [0, 0.1) is 11.8 Å². The molecule has 5 nitrogen and oxygen atoms in total. The van der Waals surface area contributed by atoms with E-state index in [0.29, 0.717) is 11.4 Å². The van der Waals surface area contributed by atoms with Gasteiger partial charge in [0.2, 0.25) is 0 Å². The van der Waals surface area contributed by atoms with Crippen molar-refractivity contribution in [1.82, 2.24) is 10.2 Å². The van der Waals surface area contributed by atoms with Gasteiger partial charge in [0, 0.05) is 24.7 Å². The monoisotopic (exact) mass is 364 g/mol. The highest BCUT2D eigenvalue weighted by atomic mass is 35.5. The number of carbonyl (C=O) groups is 2. The average Bonchev–Trinajstić information content (AvgIpc) is 2.93. The van der Waals surface area contributed by atoms with Gasteiger partial charge >= 0.3 is 18.2 Å². The molecule has 1 aliphatic rings. The van der Waals surface area contributed by atoms with Gasteiger partial charge in [-0.15, -0.1) is 0 Å². The number of urea groups is 1. The second kappa shape index (κ2) is 7.29. The number of hydrogen-bond donors (Lipinski definition) is 2. The fraction of sp³-hybridized carbons (Fsp3) is 0.467. The van der Waals surface area contributed by atoms with Crippen LogP contribution in [0.15, 0.2) is 24.3 Å². The third-order valence-electron chi connectivity index (χ3n) is 3.92. The largest absolute Gasteiger partial charge is 0.481 e. The fourth-order valence-corrected chi connectivity index (χ4v) is 2.88. The summed E-state index contributed by atoms with van der Waals surface area (Å²) in [7, 11) is 0. The summed E-state index contributed by atoms with van der Waals surface area (Å²) in [6, 6.07) is 6.30. The highest BCUT2D eigenvalue weighted by Gasteiger charge is 2.53. The molecule has 24 heavy (non-hydrogen) atoms. The average molecular weight is 365 g/mol. The number of aliphatic carboxylic acids is 1. The van der Waals surface area contributed by atoms with Crippen molar-refractivity contribution in [3.8, 4) is 0 Å². The zero-order valence-electron chi connectivity index (χ0n) is 12.5. The molecule has 0 radical (unpaired) electrons. The molecule has 1 heterocycles. The van der Waals surface area contributed by atoms with Gasteiger partial charge in [0.1, 0.15) is 0 Å². The lowest BCUT2D eigenvalue weighted by Gasteiger charge is -2.18. The maximum absolute atomic E-state index is 12.9. The summed E-state index contributed by atoms with van der Waals surface area (Å²) < 4.78 is 38.7.